The SMILES string of the molecule is CCOC(=O)C(Oc1ccccc1OC)C(O)c1ccc(O)c(OC)c1. The monoisotopic (exact) mass is 362 g/mol. The summed E-state index contributed by atoms with van der Waals surface area (Å²) in [6.45, 7) is 1.80. The number of carbonyl (C=O) groups excluding carboxylic acids is 1. The van der Waals surface area contributed by atoms with Gasteiger partial charge in [0.2, 0.25) is 6.10 Å². The van der Waals surface area contributed by atoms with Crippen LogP contribution in [0.1, 0.15) is 18.6 Å². The number of aliphatic hydroxyl groups is 1. The normalized spacial score (nSPS) is 12.8. The average Bonchev–Trinajstić information content (AvgIpc) is 2.66. The van der Waals surface area contributed by atoms with Crippen LogP contribution in [0, 0.1) is 0 Å². The largest absolute Gasteiger partial charge is 0.504 e. The van der Waals surface area contributed by atoms with Crippen LogP contribution in [-0.2, 0) is 9.53 Å². The fourth-order valence-electron chi connectivity index (χ4n) is 2.37. The van der Waals surface area contributed by atoms with Crippen LogP contribution in [0.3, 0.4) is 0 Å². The minimum Gasteiger partial charge on any atom is -0.504 e. The number of hydrogen-bond acceptors (Lipinski definition) is 7. The van der Waals surface area contributed by atoms with Crippen LogP contribution in [-0.4, -0.2) is 43.1 Å². The predicted molar refractivity (Wildman–Crippen MR) is 93.7 cm³/mol. The highest BCUT2D eigenvalue weighted by Crippen LogP contribution is 2.33. The van der Waals surface area contributed by atoms with Crippen molar-refractivity contribution in [2.45, 2.75) is 19.1 Å². The molecule has 26 heavy (non-hydrogen) atoms. The van der Waals surface area contributed by atoms with Gasteiger partial charge in [0.25, 0.3) is 0 Å². The highest BCUT2D eigenvalue weighted by Gasteiger charge is 2.33. The Morgan fingerprint density at radius 1 is 1.04 bits per heavy atom. The van der Waals surface area contributed by atoms with Crippen molar-refractivity contribution < 1.29 is 34.0 Å². The van der Waals surface area contributed by atoms with Gasteiger partial charge in [-0.15, -0.1) is 0 Å². The molecule has 0 aliphatic carbocycles. The Morgan fingerprint density at radius 3 is 2.31 bits per heavy atom. The molecule has 0 radical (unpaired) electrons. The Bertz CT molecular complexity index is 744. The molecule has 0 aromatic heterocycles. The fourth-order valence-corrected chi connectivity index (χ4v) is 2.37. The number of rotatable bonds is 8. The molecule has 0 amide bonds. The summed E-state index contributed by atoms with van der Waals surface area (Å²) in [6.07, 6.45) is -2.69. The lowest BCUT2D eigenvalue weighted by Gasteiger charge is -2.24. The van der Waals surface area contributed by atoms with Crippen LogP contribution < -0.4 is 14.2 Å². The van der Waals surface area contributed by atoms with Crippen LogP contribution in [0.4, 0.5) is 0 Å². The second-order valence-corrected chi connectivity index (χ2v) is 5.32. The fraction of sp³-hybridized carbons (Fsp3) is 0.316. The van der Waals surface area contributed by atoms with E-state index in [0.717, 1.165) is 0 Å². The van der Waals surface area contributed by atoms with Gasteiger partial charge in [-0.1, -0.05) is 18.2 Å². The summed E-state index contributed by atoms with van der Waals surface area (Å²) in [5.41, 5.74) is 0.326. The van der Waals surface area contributed by atoms with Gasteiger partial charge in [0, 0.05) is 0 Å². The number of phenols is 1. The molecule has 2 unspecified atom stereocenters. The Morgan fingerprint density at radius 2 is 1.69 bits per heavy atom. The molecular formula is C19H22O7. The maximum atomic E-state index is 12.4. The second-order valence-electron chi connectivity index (χ2n) is 5.32. The number of ether oxygens (including phenoxy) is 4. The van der Waals surface area contributed by atoms with Crippen molar-refractivity contribution in [1.29, 1.82) is 0 Å². The number of benzene rings is 2. The molecule has 7 heteroatoms. The lowest BCUT2D eigenvalue weighted by Crippen LogP contribution is -2.35. The van der Waals surface area contributed by atoms with Crippen molar-refractivity contribution in [2.75, 3.05) is 20.8 Å². The molecule has 0 saturated carbocycles. The Kier molecular flexibility index (Phi) is 6.68. The van der Waals surface area contributed by atoms with Gasteiger partial charge < -0.3 is 29.2 Å². The predicted octanol–water partition coefficient (Wildman–Crippen LogP) is 2.45. The van der Waals surface area contributed by atoms with E-state index in [9.17, 15) is 15.0 Å². The minimum atomic E-state index is -1.35. The van der Waals surface area contributed by atoms with Crippen LogP contribution in [0.15, 0.2) is 42.5 Å². The van der Waals surface area contributed by atoms with E-state index in [1.54, 1.807) is 31.2 Å². The molecule has 140 valence electrons. The third-order valence-corrected chi connectivity index (χ3v) is 3.67. The van der Waals surface area contributed by atoms with Crippen LogP contribution >= 0.6 is 0 Å². The number of para-hydroxylation sites is 2. The van der Waals surface area contributed by atoms with Crippen molar-refractivity contribution in [3.63, 3.8) is 0 Å². The highest BCUT2D eigenvalue weighted by molar-refractivity contribution is 5.76. The summed E-state index contributed by atoms with van der Waals surface area (Å²) in [7, 11) is 2.86. The molecule has 2 N–H and O–H groups in total. The van der Waals surface area contributed by atoms with Crippen LogP contribution in [0.5, 0.6) is 23.0 Å². The third kappa shape index (κ3) is 4.37. The van der Waals surface area contributed by atoms with Gasteiger partial charge in [0.15, 0.2) is 23.0 Å². The molecule has 0 aliphatic heterocycles. The summed E-state index contributed by atoms with van der Waals surface area (Å²) in [5.74, 6) is 0.0660. The zero-order valence-electron chi connectivity index (χ0n) is 14.8. The van der Waals surface area contributed by atoms with Gasteiger partial charge in [0.05, 0.1) is 20.8 Å². The molecule has 0 spiro atoms. The number of carbonyl (C=O) groups is 1. The van der Waals surface area contributed by atoms with Crippen LogP contribution in [0.25, 0.3) is 0 Å². The molecule has 0 bridgehead atoms. The zero-order valence-corrected chi connectivity index (χ0v) is 14.8. The standard InChI is InChI=1S/C19H22O7/c1-4-25-19(22)18(26-15-8-6-5-7-14(15)23-2)17(21)12-9-10-13(20)16(11-12)24-3/h5-11,17-18,20-21H,4H2,1-3H3. The van der Waals surface area contributed by atoms with Crippen molar-refractivity contribution in [3.05, 3.63) is 48.0 Å². The van der Waals surface area contributed by atoms with Gasteiger partial charge in [-0.2, -0.15) is 0 Å². The van der Waals surface area contributed by atoms with E-state index < -0.39 is 18.2 Å². The summed E-state index contributed by atoms with van der Waals surface area (Å²) in [4.78, 5) is 12.4. The van der Waals surface area contributed by atoms with Gasteiger partial charge in [0.1, 0.15) is 6.10 Å². The number of phenolic OH excluding ortho intramolecular Hbond substituents is 1. The molecule has 0 fully saturated rings. The van der Waals surface area contributed by atoms with Gasteiger partial charge >= 0.3 is 5.97 Å². The first-order chi connectivity index (χ1) is 12.5. The number of esters is 1. The maximum Gasteiger partial charge on any atom is 0.350 e. The molecule has 2 atom stereocenters. The molecule has 2 rings (SSSR count). The van der Waals surface area contributed by atoms with E-state index in [1.165, 1.54) is 32.4 Å². The number of hydrogen-bond donors (Lipinski definition) is 2. The molecule has 0 aliphatic rings. The molecule has 2 aromatic carbocycles. The minimum absolute atomic E-state index is 0.0817. The first-order valence-corrected chi connectivity index (χ1v) is 8.03. The Labute approximate surface area is 151 Å². The topological polar surface area (TPSA) is 94.5 Å². The van der Waals surface area contributed by atoms with E-state index in [4.69, 9.17) is 18.9 Å². The Balaban J connectivity index is 2.36. The zero-order chi connectivity index (χ0) is 19.1. The first kappa shape index (κ1) is 19.4. The van der Waals surface area contributed by atoms with Crippen molar-refractivity contribution >= 4 is 5.97 Å². The molecule has 0 saturated heterocycles. The lowest BCUT2D eigenvalue weighted by molar-refractivity contribution is -0.157. The summed E-state index contributed by atoms with van der Waals surface area (Å²) < 4.78 is 21.0. The first-order valence-electron chi connectivity index (χ1n) is 8.03. The van der Waals surface area contributed by atoms with Gasteiger partial charge in [-0.25, -0.2) is 4.79 Å². The smallest absolute Gasteiger partial charge is 0.350 e. The summed E-state index contributed by atoms with van der Waals surface area (Å²) in [6, 6.07) is 11.0. The number of aliphatic hydroxyl groups excluding tert-OH is 1. The second kappa shape index (κ2) is 8.96. The molecule has 2 aromatic rings. The van der Waals surface area contributed by atoms with Gasteiger partial charge in [-0.3, -0.25) is 0 Å². The van der Waals surface area contributed by atoms with Crippen LogP contribution in [0.2, 0.25) is 0 Å². The number of aromatic hydroxyl groups is 1. The quantitative estimate of drug-likeness (QED) is 0.697. The van der Waals surface area contributed by atoms with E-state index in [0.29, 0.717) is 11.3 Å². The average molecular weight is 362 g/mol. The van der Waals surface area contributed by atoms with E-state index in [2.05, 4.69) is 0 Å². The van der Waals surface area contributed by atoms with Crippen molar-refractivity contribution in [3.8, 4) is 23.0 Å². The third-order valence-electron chi connectivity index (χ3n) is 3.67. The summed E-state index contributed by atoms with van der Waals surface area (Å²) in [5, 5.41) is 20.4. The van der Waals surface area contributed by atoms with E-state index in [-0.39, 0.29) is 23.9 Å². The maximum absolute atomic E-state index is 12.4. The molecular weight excluding hydrogens is 340 g/mol. The van der Waals surface area contributed by atoms with E-state index >= 15 is 0 Å². The van der Waals surface area contributed by atoms with Crippen molar-refractivity contribution in [1.82, 2.24) is 0 Å². The highest BCUT2D eigenvalue weighted by atomic mass is 16.6. The Hall–Kier alpha value is -2.93. The number of methoxy groups -OCH3 is 2. The van der Waals surface area contributed by atoms with Gasteiger partial charge in [-0.05, 0) is 36.8 Å². The lowest BCUT2D eigenvalue weighted by atomic mass is 10.0. The molecule has 7 nitrogen and oxygen atoms in total. The van der Waals surface area contributed by atoms with E-state index in [1.807, 2.05) is 0 Å². The molecule has 0 heterocycles. The summed E-state index contributed by atoms with van der Waals surface area (Å²) >= 11 is 0. The van der Waals surface area contributed by atoms with Crippen molar-refractivity contribution in [2.24, 2.45) is 0 Å².